The number of fused-ring (bicyclic) bond motifs is 2. The molecule has 31 heavy (non-hydrogen) atoms. The van der Waals surface area contributed by atoms with E-state index in [-0.39, 0.29) is 24.2 Å². The molecule has 4 heterocycles. The Morgan fingerprint density at radius 2 is 1.90 bits per heavy atom. The molecule has 2 amide bonds. The molecule has 0 bridgehead atoms. The van der Waals surface area contributed by atoms with Crippen LogP contribution in [0.3, 0.4) is 0 Å². The zero-order valence-corrected chi connectivity index (χ0v) is 17.3. The van der Waals surface area contributed by atoms with E-state index in [4.69, 9.17) is 4.52 Å². The maximum atomic E-state index is 13.4. The van der Waals surface area contributed by atoms with Gasteiger partial charge in [0.05, 0.1) is 12.1 Å². The summed E-state index contributed by atoms with van der Waals surface area (Å²) in [5, 5.41) is 5.11. The largest absolute Gasteiger partial charge is 0.356 e. The summed E-state index contributed by atoms with van der Waals surface area (Å²) < 4.78 is 20.2. The number of halogens is 1. The Bertz CT molecular complexity index is 1110. The van der Waals surface area contributed by atoms with Gasteiger partial charge in [-0.15, -0.1) is 0 Å². The van der Waals surface area contributed by atoms with Crippen LogP contribution in [0.2, 0.25) is 0 Å². The summed E-state index contributed by atoms with van der Waals surface area (Å²) in [6.07, 6.45) is 5.71. The normalized spacial score (nSPS) is 18.2. The van der Waals surface area contributed by atoms with Crippen molar-refractivity contribution in [2.45, 2.75) is 38.0 Å². The van der Waals surface area contributed by atoms with E-state index in [1.54, 1.807) is 22.9 Å². The monoisotopic (exact) mass is 424 g/mol. The molecule has 2 aliphatic rings. The van der Waals surface area contributed by atoms with Crippen LogP contribution < -0.4 is 0 Å². The van der Waals surface area contributed by atoms with Gasteiger partial charge in [-0.2, -0.15) is 0 Å². The summed E-state index contributed by atoms with van der Waals surface area (Å²) >= 11 is 0. The van der Waals surface area contributed by atoms with E-state index in [1.807, 2.05) is 6.07 Å². The van der Waals surface area contributed by atoms with Gasteiger partial charge in [0, 0.05) is 35.8 Å². The fourth-order valence-corrected chi connectivity index (χ4v) is 4.71. The quantitative estimate of drug-likeness (QED) is 0.563. The molecule has 0 unspecified atom stereocenters. The number of likely N-dealkylation sites (tertiary alicyclic amines) is 1. The molecule has 1 aromatic carbocycles. The van der Waals surface area contributed by atoms with Crippen molar-refractivity contribution in [2.24, 2.45) is 0 Å². The Kier molecular flexibility index (Phi) is 5.31. The Hall–Kier alpha value is -3.00. The van der Waals surface area contributed by atoms with E-state index in [2.05, 4.69) is 10.1 Å². The first-order valence-corrected chi connectivity index (χ1v) is 10.9. The number of aromatic nitrogens is 2. The number of amides is 2. The Balaban J connectivity index is 1.09. The van der Waals surface area contributed by atoms with Gasteiger partial charge in [-0.05, 0) is 69.6 Å². The van der Waals surface area contributed by atoms with Crippen molar-refractivity contribution in [3.05, 3.63) is 53.7 Å². The predicted molar refractivity (Wildman–Crippen MR) is 112 cm³/mol. The fraction of sp³-hybridized carbons (Fsp3) is 0.435. The lowest BCUT2D eigenvalue weighted by Crippen LogP contribution is -2.45. The molecule has 5 rings (SSSR count). The Morgan fingerprint density at radius 3 is 2.74 bits per heavy atom. The lowest BCUT2D eigenvalue weighted by molar-refractivity contribution is -0.128. The van der Waals surface area contributed by atoms with Gasteiger partial charge < -0.3 is 9.42 Å². The van der Waals surface area contributed by atoms with Gasteiger partial charge in [-0.25, -0.2) is 9.18 Å². The molecule has 1 saturated heterocycles. The maximum absolute atomic E-state index is 13.4. The third-order valence-corrected chi connectivity index (χ3v) is 6.45. The molecule has 7 nitrogen and oxygen atoms in total. The highest BCUT2D eigenvalue weighted by Crippen LogP contribution is 2.32. The van der Waals surface area contributed by atoms with Crippen molar-refractivity contribution < 1.29 is 18.5 Å². The number of hydrogen-bond donors (Lipinski definition) is 0. The van der Waals surface area contributed by atoms with Gasteiger partial charge in [-0.3, -0.25) is 14.3 Å². The van der Waals surface area contributed by atoms with Crippen LogP contribution in [-0.2, 0) is 11.2 Å². The molecule has 0 spiro atoms. The van der Waals surface area contributed by atoms with Crippen LogP contribution in [0, 0.1) is 5.82 Å². The van der Waals surface area contributed by atoms with E-state index in [9.17, 15) is 14.0 Å². The molecule has 2 aromatic heterocycles. The molecule has 0 N–H and O–H groups in total. The molecule has 0 atom stereocenters. The van der Waals surface area contributed by atoms with Crippen LogP contribution in [0.25, 0.3) is 11.0 Å². The molecule has 1 fully saturated rings. The predicted octanol–water partition coefficient (Wildman–Crippen LogP) is 3.78. The van der Waals surface area contributed by atoms with E-state index in [0.29, 0.717) is 18.0 Å². The summed E-state index contributed by atoms with van der Waals surface area (Å²) in [5.41, 5.74) is 2.20. The van der Waals surface area contributed by atoms with Gasteiger partial charge in [-0.1, -0.05) is 5.16 Å². The van der Waals surface area contributed by atoms with Crippen molar-refractivity contribution in [1.82, 2.24) is 19.5 Å². The second kappa shape index (κ2) is 8.26. The lowest BCUT2D eigenvalue weighted by atomic mass is 9.91. The highest BCUT2D eigenvalue weighted by atomic mass is 19.1. The van der Waals surface area contributed by atoms with Gasteiger partial charge in [0.25, 0.3) is 0 Å². The summed E-state index contributed by atoms with van der Waals surface area (Å²) in [4.78, 5) is 28.5. The Labute approximate surface area is 179 Å². The summed E-state index contributed by atoms with van der Waals surface area (Å²) in [6.45, 7) is 3.35. The van der Waals surface area contributed by atoms with Gasteiger partial charge in [0.1, 0.15) is 5.82 Å². The third kappa shape index (κ3) is 3.87. The van der Waals surface area contributed by atoms with Crippen molar-refractivity contribution in [2.75, 3.05) is 26.2 Å². The molecule has 2 aliphatic heterocycles. The molecule has 0 aliphatic carbocycles. The number of unbranched alkanes of at least 4 members (excludes halogenated alkanes) is 1. The number of benzene rings is 1. The molecule has 0 radical (unpaired) electrons. The van der Waals surface area contributed by atoms with Crippen molar-refractivity contribution in [1.29, 1.82) is 0 Å². The van der Waals surface area contributed by atoms with Gasteiger partial charge in [0.15, 0.2) is 5.58 Å². The first-order chi connectivity index (χ1) is 15.1. The van der Waals surface area contributed by atoms with Crippen LogP contribution in [0.15, 0.2) is 41.1 Å². The minimum atomic E-state index is -0.313. The second-order valence-corrected chi connectivity index (χ2v) is 8.41. The summed E-state index contributed by atoms with van der Waals surface area (Å²) in [7, 11) is 0. The van der Waals surface area contributed by atoms with E-state index < -0.39 is 0 Å². The van der Waals surface area contributed by atoms with Crippen LogP contribution in [0.1, 0.15) is 43.0 Å². The second-order valence-electron chi connectivity index (χ2n) is 8.41. The molecular formula is C23H25FN4O3. The number of nitrogens with zero attached hydrogens (tertiary/aromatic N) is 4. The first kappa shape index (κ1) is 19.9. The number of hydrogen-bond acceptors (Lipinski definition) is 5. The molecular weight excluding hydrogens is 399 g/mol. The lowest BCUT2D eigenvalue weighted by Gasteiger charge is -2.31. The van der Waals surface area contributed by atoms with Gasteiger partial charge in [0.2, 0.25) is 5.91 Å². The topological polar surface area (TPSA) is 71.6 Å². The van der Waals surface area contributed by atoms with Crippen molar-refractivity contribution in [3.8, 4) is 0 Å². The number of imide groups is 1. The molecule has 8 heteroatoms. The van der Waals surface area contributed by atoms with E-state index in [0.717, 1.165) is 62.1 Å². The highest BCUT2D eigenvalue weighted by molar-refractivity contribution is 5.99. The number of carbonyl (C=O) groups is 2. The molecule has 0 saturated carbocycles. The van der Waals surface area contributed by atoms with Crippen LogP contribution in [-0.4, -0.2) is 57.6 Å². The average molecular weight is 424 g/mol. The summed E-state index contributed by atoms with van der Waals surface area (Å²) in [6, 6.07) is 7.97. The average Bonchev–Trinajstić information content (AvgIpc) is 3.40. The van der Waals surface area contributed by atoms with Crippen LogP contribution >= 0.6 is 0 Å². The minimum absolute atomic E-state index is 0.114. The van der Waals surface area contributed by atoms with Gasteiger partial charge >= 0.3 is 6.03 Å². The summed E-state index contributed by atoms with van der Waals surface area (Å²) in [5.74, 6) is -0.106. The van der Waals surface area contributed by atoms with Crippen molar-refractivity contribution in [3.63, 3.8) is 0 Å². The number of rotatable bonds is 6. The number of carbonyl (C=O) groups excluding carboxylic acids is 2. The zero-order valence-electron chi connectivity index (χ0n) is 17.3. The van der Waals surface area contributed by atoms with Crippen molar-refractivity contribution >= 4 is 22.9 Å². The Morgan fingerprint density at radius 1 is 1.10 bits per heavy atom. The highest BCUT2D eigenvalue weighted by Gasteiger charge is 2.30. The number of piperidine rings is 1. The fourth-order valence-electron chi connectivity index (χ4n) is 4.71. The SMILES string of the molecule is O=C1Cc2cccn2C(=O)N1CCCCN1CCC(c2noc3cc(F)ccc23)CC1. The molecule has 162 valence electrons. The van der Waals surface area contributed by atoms with E-state index in [1.165, 1.54) is 17.0 Å². The smallest absolute Gasteiger partial charge is 0.335 e. The minimum Gasteiger partial charge on any atom is -0.356 e. The van der Waals surface area contributed by atoms with Crippen LogP contribution in [0.5, 0.6) is 0 Å². The van der Waals surface area contributed by atoms with E-state index >= 15 is 0 Å². The third-order valence-electron chi connectivity index (χ3n) is 6.45. The van der Waals surface area contributed by atoms with Crippen LogP contribution in [0.4, 0.5) is 9.18 Å². The molecule has 3 aromatic rings. The standard InChI is InChI=1S/C23H25FN4O3/c24-17-5-6-19-20(14-17)31-25-22(19)16-7-12-26(13-8-16)9-1-2-10-28-21(29)15-18-4-3-11-27(18)23(28)30/h3-6,11,14,16H,1-2,7-10,12-13,15H2. The maximum Gasteiger partial charge on any atom is 0.335 e. The zero-order chi connectivity index (χ0) is 21.4. The first-order valence-electron chi connectivity index (χ1n) is 10.9.